The molecule has 2 aromatic heterocycles. The summed E-state index contributed by atoms with van der Waals surface area (Å²) in [6.45, 7) is 3.34. The van der Waals surface area contributed by atoms with E-state index in [9.17, 15) is 0 Å². The van der Waals surface area contributed by atoms with E-state index in [0.717, 1.165) is 42.7 Å². The summed E-state index contributed by atoms with van der Waals surface area (Å²) in [5, 5.41) is 0.731. The maximum absolute atomic E-state index is 6.13. The highest BCUT2D eigenvalue weighted by Crippen LogP contribution is 2.38. The summed E-state index contributed by atoms with van der Waals surface area (Å²) >= 11 is 6.13. The van der Waals surface area contributed by atoms with E-state index in [-0.39, 0.29) is 0 Å². The van der Waals surface area contributed by atoms with Gasteiger partial charge in [0.1, 0.15) is 5.82 Å². The van der Waals surface area contributed by atoms with Gasteiger partial charge in [0.15, 0.2) is 0 Å². The maximum Gasteiger partial charge on any atom is 0.140 e. The van der Waals surface area contributed by atoms with Crippen LogP contribution in [0.5, 0.6) is 0 Å². The van der Waals surface area contributed by atoms with Gasteiger partial charge in [0, 0.05) is 55.4 Å². The Kier molecular flexibility index (Phi) is 4.88. The van der Waals surface area contributed by atoms with E-state index in [1.807, 2.05) is 30.5 Å². The average Bonchev–Trinajstić information content (AvgIpc) is 2.74. The lowest BCUT2D eigenvalue weighted by Crippen LogP contribution is -2.33. The van der Waals surface area contributed by atoms with Crippen LogP contribution in [-0.2, 0) is 13.1 Å². The molecule has 0 amide bonds. The minimum Gasteiger partial charge on any atom is -0.328 e. The third kappa shape index (κ3) is 3.82. The number of hydrogen-bond acceptors (Lipinski definition) is 4. The molecule has 2 aliphatic rings. The second-order valence-electron chi connectivity index (χ2n) is 7.40. The first-order valence-corrected chi connectivity index (χ1v) is 10.1. The first kappa shape index (κ1) is 18.1. The standard InChI is InChI=1S/C24H21ClN4/c25-20-8-11-26-21(13-20)17-28-12-9-22-19(15-28)16-29(14-18-5-2-1-3-6-18)24-23(22)7-4-10-27-24/h1-11,13,16H,12,14-15,17H2. The molecule has 2 aliphatic heterocycles. The van der Waals surface area contributed by atoms with Crippen LogP contribution in [0.2, 0.25) is 5.02 Å². The normalized spacial score (nSPS) is 16.0. The molecule has 29 heavy (non-hydrogen) atoms. The number of fused-ring (bicyclic) bond motifs is 3. The van der Waals surface area contributed by atoms with Gasteiger partial charge in [-0.2, -0.15) is 0 Å². The molecule has 3 aromatic rings. The number of benzene rings is 1. The minimum atomic E-state index is 0.731. The Bertz CT molecular complexity index is 1090. The number of rotatable bonds is 4. The van der Waals surface area contributed by atoms with Gasteiger partial charge in [0.2, 0.25) is 0 Å². The lowest BCUT2D eigenvalue weighted by Gasteiger charge is -2.35. The van der Waals surface area contributed by atoms with Crippen LogP contribution in [0.25, 0.3) is 5.57 Å². The van der Waals surface area contributed by atoms with E-state index >= 15 is 0 Å². The zero-order chi connectivity index (χ0) is 19.6. The Balaban J connectivity index is 1.44. The van der Waals surface area contributed by atoms with E-state index in [1.165, 1.54) is 22.3 Å². The first-order valence-electron chi connectivity index (χ1n) is 9.76. The predicted molar refractivity (Wildman–Crippen MR) is 117 cm³/mol. The molecule has 0 saturated heterocycles. The van der Waals surface area contributed by atoms with Crippen LogP contribution in [0, 0.1) is 0 Å². The Labute approximate surface area is 175 Å². The van der Waals surface area contributed by atoms with Gasteiger partial charge in [0.05, 0.1) is 5.69 Å². The molecule has 0 unspecified atom stereocenters. The fraction of sp³-hybridized carbons (Fsp3) is 0.167. The number of anilines is 1. The molecule has 0 saturated carbocycles. The fourth-order valence-electron chi connectivity index (χ4n) is 4.01. The number of pyridine rings is 2. The summed E-state index contributed by atoms with van der Waals surface area (Å²) in [4.78, 5) is 13.8. The van der Waals surface area contributed by atoms with Crippen LogP contribution in [0.1, 0.15) is 16.8 Å². The Morgan fingerprint density at radius 1 is 0.931 bits per heavy atom. The van der Waals surface area contributed by atoms with Crippen LogP contribution in [-0.4, -0.2) is 28.0 Å². The molecule has 5 rings (SSSR count). The number of nitrogens with zero attached hydrogens (tertiary/aromatic N) is 4. The van der Waals surface area contributed by atoms with Gasteiger partial charge >= 0.3 is 0 Å². The van der Waals surface area contributed by atoms with Crippen molar-refractivity contribution in [3.63, 3.8) is 0 Å². The maximum atomic E-state index is 6.13. The lowest BCUT2D eigenvalue weighted by atomic mass is 9.92. The summed E-state index contributed by atoms with van der Waals surface area (Å²) in [5.74, 6) is 1.02. The Morgan fingerprint density at radius 3 is 2.69 bits per heavy atom. The fourth-order valence-corrected chi connectivity index (χ4v) is 4.19. The Hall–Kier alpha value is -2.95. The highest BCUT2D eigenvalue weighted by atomic mass is 35.5. The smallest absolute Gasteiger partial charge is 0.140 e. The Morgan fingerprint density at radius 2 is 1.83 bits per heavy atom. The molecule has 0 atom stereocenters. The van der Waals surface area contributed by atoms with Crippen LogP contribution in [0.15, 0.2) is 84.8 Å². The molecular weight excluding hydrogens is 380 g/mol. The van der Waals surface area contributed by atoms with Gasteiger partial charge in [-0.25, -0.2) is 4.98 Å². The van der Waals surface area contributed by atoms with E-state index in [0.29, 0.717) is 0 Å². The summed E-state index contributed by atoms with van der Waals surface area (Å²) in [5.41, 5.74) is 6.09. The second-order valence-corrected chi connectivity index (χ2v) is 7.83. The van der Waals surface area contributed by atoms with Crippen molar-refractivity contribution in [1.29, 1.82) is 0 Å². The topological polar surface area (TPSA) is 32.3 Å². The number of aromatic nitrogens is 2. The molecule has 0 aliphatic carbocycles. The molecule has 0 bridgehead atoms. The summed E-state index contributed by atoms with van der Waals surface area (Å²) in [6.07, 6.45) is 8.20. The van der Waals surface area contributed by atoms with Crippen molar-refractivity contribution in [1.82, 2.24) is 14.9 Å². The number of halogens is 1. The highest BCUT2D eigenvalue weighted by molar-refractivity contribution is 6.30. The van der Waals surface area contributed by atoms with Gasteiger partial charge in [-0.3, -0.25) is 9.88 Å². The zero-order valence-electron chi connectivity index (χ0n) is 16.0. The molecule has 0 fully saturated rings. The number of hydrogen-bond donors (Lipinski definition) is 0. The highest BCUT2D eigenvalue weighted by Gasteiger charge is 2.27. The van der Waals surface area contributed by atoms with Crippen LogP contribution >= 0.6 is 11.6 Å². The molecule has 4 heterocycles. The predicted octanol–water partition coefficient (Wildman–Crippen LogP) is 4.93. The van der Waals surface area contributed by atoms with Crippen molar-refractivity contribution in [2.45, 2.75) is 13.1 Å². The minimum absolute atomic E-state index is 0.731. The summed E-state index contributed by atoms with van der Waals surface area (Å²) in [7, 11) is 0. The van der Waals surface area contributed by atoms with Crippen molar-refractivity contribution in [3.05, 3.63) is 107 Å². The van der Waals surface area contributed by atoms with Crippen LogP contribution in [0.3, 0.4) is 0 Å². The lowest BCUT2D eigenvalue weighted by molar-refractivity contribution is 0.313. The summed E-state index contributed by atoms with van der Waals surface area (Å²) < 4.78 is 0. The SMILES string of the molecule is Clc1ccnc(CN2CC=C3C(=CN(Cc4ccccc4)c4ncccc43)C2)c1. The third-order valence-electron chi connectivity index (χ3n) is 5.31. The molecular formula is C24H21ClN4. The molecule has 0 radical (unpaired) electrons. The monoisotopic (exact) mass is 400 g/mol. The van der Waals surface area contributed by atoms with Crippen LogP contribution in [0.4, 0.5) is 5.82 Å². The zero-order valence-corrected chi connectivity index (χ0v) is 16.8. The van der Waals surface area contributed by atoms with Gasteiger partial charge < -0.3 is 4.90 Å². The molecule has 1 aromatic carbocycles. The van der Waals surface area contributed by atoms with E-state index < -0.39 is 0 Å². The van der Waals surface area contributed by atoms with Gasteiger partial charge in [-0.05, 0) is 41.0 Å². The summed E-state index contributed by atoms with van der Waals surface area (Å²) in [6, 6.07) is 18.5. The van der Waals surface area contributed by atoms with Crippen molar-refractivity contribution in [3.8, 4) is 0 Å². The molecule has 144 valence electrons. The third-order valence-corrected chi connectivity index (χ3v) is 5.55. The first-order chi connectivity index (χ1) is 14.3. The van der Waals surface area contributed by atoms with E-state index in [2.05, 4.69) is 62.4 Å². The van der Waals surface area contributed by atoms with E-state index in [4.69, 9.17) is 11.6 Å². The molecule has 0 N–H and O–H groups in total. The molecule has 5 heteroatoms. The van der Waals surface area contributed by atoms with Crippen LogP contribution < -0.4 is 4.90 Å². The molecule has 0 spiro atoms. The van der Waals surface area contributed by atoms with Gasteiger partial charge in [-0.1, -0.05) is 48.0 Å². The van der Waals surface area contributed by atoms with Gasteiger partial charge in [0.25, 0.3) is 0 Å². The van der Waals surface area contributed by atoms with Crippen molar-refractivity contribution >= 4 is 23.0 Å². The second kappa shape index (κ2) is 7.82. The largest absolute Gasteiger partial charge is 0.328 e. The van der Waals surface area contributed by atoms with Crippen molar-refractivity contribution in [2.75, 3.05) is 18.0 Å². The quantitative estimate of drug-likeness (QED) is 0.621. The molecule has 4 nitrogen and oxygen atoms in total. The average molecular weight is 401 g/mol. The van der Waals surface area contributed by atoms with Crippen molar-refractivity contribution < 1.29 is 0 Å². The van der Waals surface area contributed by atoms with E-state index in [1.54, 1.807) is 6.20 Å². The van der Waals surface area contributed by atoms with Crippen molar-refractivity contribution in [2.24, 2.45) is 0 Å². The van der Waals surface area contributed by atoms with Gasteiger partial charge in [-0.15, -0.1) is 0 Å².